The Morgan fingerprint density at radius 3 is 2.67 bits per heavy atom. The summed E-state index contributed by atoms with van der Waals surface area (Å²) in [6.45, 7) is 5.96. The minimum atomic E-state index is -0.191. The predicted molar refractivity (Wildman–Crippen MR) is 66.0 cm³/mol. The van der Waals surface area contributed by atoms with E-state index in [1.165, 1.54) is 11.3 Å². The summed E-state index contributed by atoms with van der Waals surface area (Å²) in [5.41, 5.74) is 0.899. The van der Waals surface area contributed by atoms with Crippen LogP contribution in [0.4, 0.5) is 0 Å². The minimum Gasteiger partial charge on any atom is -0.292 e. The number of nitrogens with zero attached hydrogens (tertiary/aromatic N) is 1. The van der Waals surface area contributed by atoms with E-state index in [2.05, 4.69) is 11.9 Å². The maximum absolute atomic E-state index is 12.4. The Bertz CT molecular complexity index is 391. The molecule has 0 radical (unpaired) electrons. The van der Waals surface area contributed by atoms with Gasteiger partial charge in [-0.2, -0.15) is 0 Å². The number of hydrogen-bond acceptors (Lipinski definition) is 4. The normalized spacial score (nSPS) is 25.8. The maximum atomic E-state index is 12.4. The van der Waals surface area contributed by atoms with Crippen LogP contribution >= 0.6 is 23.1 Å². The van der Waals surface area contributed by atoms with Crippen molar-refractivity contribution in [3.05, 3.63) is 15.6 Å². The Kier molecular flexibility index (Phi) is 2.90. The van der Waals surface area contributed by atoms with Gasteiger partial charge in [0, 0.05) is 0 Å². The van der Waals surface area contributed by atoms with E-state index < -0.39 is 0 Å². The molecule has 4 heteroatoms. The molecule has 1 unspecified atom stereocenters. The van der Waals surface area contributed by atoms with Crippen molar-refractivity contribution in [2.75, 3.05) is 5.75 Å². The van der Waals surface area contributed by atoms with Crippen molar-refractivity contribution in [1.29, 1.82) is 0 Å². The zero-order valence-corrected chi connectivity index (χ0v) is 10.9. The zero-order valence-electron chi connectivity index (χ0n) is 9.29. The van der Waals surface area contributed by atoms with Crippen LogP contribution in [-0.2, 0) is 0 Å². The lowest BCUT2D eigenvalue weighted by Crippen LogP contribution is -2.28. The molecule has 2 rings (SSSR count). The number of Topliss-reactive ketones (excluding diaryl/α,β-unsaturated/α-hetero) is 1. The van der Waals surface area contributed by atoms with Crippen LogP contribution in [0.1, 0.15) is 40.1 Å². The number of aryl methyl sites for hydroxylation is 2. The van der Waals surface area contributed by atoms with Crippen LogP contribution in [0.25, 0.3) is 0 Å². The molecule has 15 heavy (non-hydrogen) atoms. The molecule has 1 atom stereocenters. The molecular formula is C11H15NOS2. The average molecular weight is 241 g/mol. The second-order valence-corrected chi connectivity index (χ2v) is 6.96. The molecule has 1 aromatic heterocycles. The fourth-order valence-corrected chi connectivity index (χ4v) is 4.26. The van der Waals surface area contributed by atoms with Gasteiger partial charge in [-0.25, -0.2) is 4.98 Å². The molecule has 0 bridgehead atoms. The van der Waals surface area contributed by atoms with E-state index in [9.17, 15) is 4.79 Å². The summed E-state index contributed by atoms with van der Waals surface area (Å²) in [6.07, 6.45) is 2.16. The van der Waals surface area contributed by atoms with E-state index in [4.69, 9.17) is 0 Å². The first-order chi connectivity index (χ1) is 7.03. The van der Waals surface area contributed by atoms with E-state index in [1.54, 1.807) is 11.8 Å². The third-order valence-electron chi connectivity index (χ3n) is 2.81. The van der Waals surface area contributed by atoms with E-state index >= 15 is 0 Å². The number of rotatable bonds is 2. The molecule has 2 heterocycles. The number of hydrogen-bond donors (Lipinski definition) is 0. The van der Waals surface area contributed by atoms with Gasteiger partial charge in [0.05, 0.1) is 20.3 Å². The molecule has 0 N–H and O–H groups in total. The second kappa shape index (κ2) is 3.91. The van der Waals surface area contributed by atoms with Crippen molar-refractivity contribution in [3.8, 4) is 0 Å². The molecule has 82 valence electrons. The van der Waals surface area contributed by atoms with E-state index in [0.29, 0.717) is 0 Å². The molecule has 1 fully saturated rings. The fourth-order valence-electron chi connectivity index (χ4n) is 1.94. The highest BCUT2D eigenvalue weighted by atomic mass is 32.2. The van der Waals surface area contributed by atoms with Gasteiger partial charge in [-0.15, -0.1) is 23.1 Å². The summed E-state index contributed by atoms with van der Waals surface area (Å²) in [4.78, 5) is 17.5. The summed E-state index contributed by atoms with van der Waals surface area (Å²) in [5.74, 6) is 1.40. The standard InChI is InChI=1S/C11H15NOS2/c1-7-9(15-8(2)12-7)10(13)11(3)5-4-6-14-11/h4-6H2,1-3H3. The third kappa shape index (κ3) is 1.97. The number of thiazole rings is 1. The van der Waals surface area contributed by atoms with Crippen LogP contribution in [0, 0.1) is 13.8 Å². The van der Waals surface area contributed by atoms with Crippen molar-refractivity contribution in [2.24, 2.45) is 0 Å². The van der Waals surface area contributed by atoms with Gasteiger partial charge in [0.2, 0.25) is 0 Å². The van der Waals surface area contributed by atoms with Crippen LogP contribution in [0.2, 0.25) is 0 Å². The number of carbonyl (C=O) groups excluding carboxylic acids is 1. The molecule has 1 aromatic rings. The molecule has 0 saturated carbocycles. The predicted octanol–water partition coefficient (Wildman–Crippen LogP) is 3.23. The average Bonchev–Trinajstić information content (AvgIpc) is 2.73. The van der Waals surface area contributed by atoms with Crippen molar-refractivity contribution >= 4 is 28.9 Å². The van der Waals surface area contributed by atoms with Crippen LogP contribution in [0.15, 0.2) is 0 Å². The molecule has 1 saturated heterocycles. The van der Waals surface area contributed by atoms with Crippen LogP contribution in [0.5, 0.6) is 0 Å². The van der Waals surface area contributed by atoms with Crippen LogP contribution in [0.3, 0.4) is 0 Å². The molecule has 1 aliphatic heterocycles. The number of carbonyl (C=O) groups is 1. The molecule has 1 aliphatic rings. The highest BCUT2D eigenvalue weighted by molar-refractivity contribution is 8.01. The first kappa shape index (κ1) is 11.1. The highest BCUT2D eigenvalue weighted by Gasteiger charge is 2.39. The number of thioether (sulfide) groups is 1. The molecule has 0 aliphatic carbocycles. The summed E-state index contributed by atoms with van der Waals surface area (Å²) in [7, 11) is 0. The monoisotopic (exact) mass is 241 g/mol. The lowest BCUT2D eigenvalue weighted by Gasteiger charge is -2.19. The Morgan fingerprint density at radius 1 is 1.47 bits per heavy atom. The van der Waals surface area contributed by atoms with Gasteiger partial charge in [0.1, 0.15) is 0 Å². The fraction of sp³-hybridized carbons (Fsp3) is 0.636. The molecule has 0 aromatic carbocycles. The topological polar surface area (TPSA) is 30.0 Å². The smallest absolute Gasteiger partial charge is 0.190 e. The maximum Gasteiger partial charge on any atom is 0.190 e. The zero-order chi connectivity index (χ0) is 11.1. The van der Waals surface area contributed by atoms with Gasteiger partial charge in [-0.3, -0.25) is 4.79 Å². The Balaban J connectivity index is 2.31. The van der Waals surface area contributed by atoms with E-state index in [1.807, 2.05) is 13.8 Å². The van der Waals surface area contributed by atoms with Gasteiger partial charge in [0.25, 0.3) is 0 Å². The second-order valence-electron chi connectivity index (χ2n) is 4.16. The summed E-state index contributed by atoms with van der Waals surface area (Å²) in [6, 6.07) is 0. The number of ketones is 1. The van der Waals surface area contributed by atoms with Gasteiger partial charge in [-0.1, -0.05) is 0 Å². The van der Waals surface area contributed by atoms with Crippen LogP contribution < -0.4 is 0 Å². The highest BCUT2D eigenvalue weighted by Crippen LogP contribution is 2.41. The number of aromatic nitrogens is 1. The lowest BCUT2D eigenvalue weighted by atomic mass is 9.98. The van der Waals surface area contributed by atoms with Gasteiger partial charge >= 0.3 is 0 Å². The summed E-state index contributed by atoms with van der Waals surface area (Å²) in [5, 5.41) is 0.988. The van der Waals surface area contributed by atoms with Gasteiger partial charge in [-0.05, 0) is 39.4 Å². The summed E-state index contributed by atoms with van der Waals surface area (Å²) >= 11 is 3.33. The minimum absolute atomic E-state index is 0.191. The van der Waals surface area contributed by atoms with Gasteiger partial charge in [0.15, 0.2) is 5.78 Å². The molecular weight excluding hydrogens is 226 g/mol. The van der Waals surface area contributed by atoms with Crippen molar-refractivity contribution < 1.29 is 4.79 Å². The third-order valence-corrected chi connectivity index (χ3v) is 5.40. The van der Waals surface area contributed by atoms with E-state index in [-0.39, 0.29) is 10.5 Å². The van der Waals surface area contributed by atoms with Crippen LogP contribution in [-0.4, -0.2) is 21.3 Å². The molecule has 0 amide bonds. The Hall–Kier alpha value is -0.350. The van der Waals surface area contributed by atoms with Crippen molar-refractivity contribution in [1.82, 2.24) is 4.98 Å². The van der Waals surface area contributed by atoms with Crippen molar-refractivity contribution in [2.45, 2.75) is 38.4 Å². The largest absolute Gasteiger partial charge is 0.292 e. The van der Waals surface area contributed by atoms with Crippen molar-refractivity contribution in [3.63, 3.8) is 0 Å². The van der Waals surface area contributed by atoms with Gasteiger partial charge < -0.3 is 0 Å². The molecule has 2 nitrogen and oxygen atoms in total. The van der Waals surface area contributed by atoms with E-state index in [0.717, 1.165) is 34.2 Å². The molecule has 0 spiro atoms. The first-order valence-corrected chi connectivity index (χ1v) is 6.96. The lowest BCUT2D eigenvalue weighted by molar-refractivity contribution is 0.0952. The first-order valence-electron chi connectivity index (χ1n) is 5.16. The SMILES string of the molecule is Cc1nc(C)c(C(=O)C2(C)CCCS2)s1. The summed E-state index contributed by atoms with van der Waals surface area (Å²) < 4.78 is -0.191. The quantitative estimate of drug-likeness (QED) is 0.745. The Labute approximate surface area is 98.5 Å². The Morgan fingerprint density at radius 2 is 2.20 bits per heavy atom.